The molecule has 0 saturated heterocycles. The number of hydrogen-bond donors (Lipinski definition) is 0. The van der Waals surface area contributed by atoms with Crippen LogP contribution in [0.15, 0.2) is 249 Å². The minimum absolute atomic E-state index is 0.389. The molecule has 0 amide bonds. The van der Waals surface area contributed by atoms with Gasteiger partial charge in [-0.05, 0) is 125 Å². The molecule has 0 heterocycles. The molecule has 10 aromatic rings. The smallest absolute Gasteiger partial charge is 0.0731 e. The first-order chi connectivity index (χ1) is 30.8. The molecule has 0 fully saturated rings. The molecule has 12 rings (SSSR count). The topological polar surface area (TPSA) is 3.24 Å². The predicted molar refractivity (Wildman–Crippen MR) is 259 cm³/mol. The van der Waals surface area contributed by atoms with E-state index in [-0.39, 0.29) is 5.41 Å². The monoisotopic (exact) mass is 787 g/mol. The largest absolute Gasteiger partial charge is 0.311 e. The summed E-state index contributed by atoms with van der Waals surface area (Å²) in [6.07, 6.45) is 0. The van der Waals surface area contributed by atoms with Crippen LogP contribution in [0, 0.1) is 0 Å². The second-order valence-electron chi connectivity index (χ2n) is 16.4. The molecule has 290 valence electrons. The molecule has 0 aliphatic heterocycles. The van der Waals surface area contributed by atoms with Crippen molar-refractivity contribution in [2.45, 2.75) is 5.41 Å². The number of hydrogen-bond acceptors (Lipinski definition) is 1. The Morgan fingerprint density at radius 1 is 0.210 bits per heavy atom. The quantitative estimate of drug-likeness (QED) is 0.155. The van der Waals surface area contributed by atoms with Crippen LogP contribution < -0.4 is 4.90 Å². The Hall–Kier alpha value is -8.00. The molecular formula is C61H41N. The lowest BCUT2D eigenvalue weighted by atomic mass is 9.68. The van der Waals surface area contributed by atoms with Crippen LogP contribution >= 0.6 is 0 Å². The van der Waals surface area contributed by atoms with Gasteiger partial charge in [0, 0.05) is 17.1 Å². The van der Waals surface area contributed by atoms with Crippen molar-refractivity contribution in [2.24, 2.45) is 0 Å². The highest BCUT2D eigenvalue weighted by atomic mass is 15.1. The van der Waals surface area contributed by atoms with E-state index in [2.05, 4.69) is 254 Å². The molecule has 1 nitrogen and oxygen atoms in total. The van der Waals surface area contributed by atoms with E-state index >= 15 is 0 Å². The van der Waals surface area contributed by atoms with Gasteiger partial charge in [-0.3, -0.25) is 0 Å². The highest BCUT2D eigenvalue weighted by molar-refractivity contribution is 5.98. The van der Waals surface area contributed by atoms with E-state index in [0.29, 0.717) is 0 Å². The lowest BCUT2D eigenvalue weighted by Crippen LogP contribution is -2.26. The third-order valence-electron chi connectivity index (χ3n) is 13.1. The maximum Gasteiger partial charge on any atom is 0.0731 e. The molecule has 0 aromatic heterocycles. The molecule has 0 N–H and O–H groups in total. The van der Waals surface area contributed by atoms with E-state index in [1.807, 2.05) is 0 Å². The molecule has 1 heteroatoms. The molecule has 0 unspecified atom stereocenters. The molecule has 62 heavy (non-hydrogen) atoms. The van der Waals surface area contributed by atoms with Gasteiger partial charge in [0.05, 0.1) is 5.41 Å². The van der Waals surface area contributed by atoms with E-state index in [1.165, 1.54) is 89.0 Å². The third kappa shape index (κ3) is 5.63. The van der Waals surface area contributed by atoms with Crippen LogP contribution in [0.2, 0.25) is 0 Å². The van der Waals surface area contributed by atoms with Gasteiger partial charge >= 0.3 is 0 Å². The molecule has 0 saturated carbocycles. The fourth-order valence-corrected chi connectivity index (χ4v) is 10.4. The van der Waals surface area contributed by atoms with Gasteiger partial charge in [-0.15, -0.1) is 0 Å². The molecule has 10 aromatic carbocycles. The maximum absolute atomic E-state index is 2.35. The molecular weight excluding hydrogens is 747 g/mol. The Labute approximate surface area is 363 Å². The highest BCUT2D eigenvalue weighted by Crippen LogP contribution is 2.64. The Morgan fingerprint density at radius 3 is 0.919 bits per heavy atom. The van der Waals surface area contributed by atoms with E-state index in [4.69, 9.17) is 0 Å². The Morgan fingerprint density at radius 2 is 0.500 bits per heavy atom. The van der Waals surface area contributed by atoms with Gasteiger partial charge in [0.1, 0.15) is 0 Å². The van der Waals surface area contributed by atoms with Crippen molar-refractivity contribution >= 4 is 17.1 Å². The van der Waals surface area contributed by atoms with Crippen molar-refractivity contribution in [1.82, 2.24) is 0 Å². The summed E-state index contributed by atoms with van der Waals surface area (Å²) in [5.41, 5.74) is 23.4. The Kier molecular flexibility index (Phi) is 8.47. The molecule has 0 atom stereocenters. The number of anilines is 3. The average Bonchev–Trinajstić information content (AvgIpc) is 3.83. The van der Waals surface area contributed by atoms with E-state index in [9.17, 15) is 0 Å². The van der Waals surface area contributed by atoms with Gasteiger partial charge in [-0.25, -0.2) is 0 Å². The fourth-order valence-electron chi connectivity index (χ4n) is 10.4. The molecule has 0 bridgehead atoms. The van der Waals surface area contributed by atoms with Crippen LogP contribution in [0.25, 0.3) is 66.8 Å². The number of rotatable bonds is 7. The molecule has 2 aliphatic rings. The predicted octanol–water partition coefficient (Wildman–Crippen LogP) is 16.2. The van der Waals surface area contributed by atoms with Crippen LogP contribution in [0.3, 0.4) is 0 Å². The van der Waals surface area contributed by atoms with Crippen molar-refractivity contribution in [3.05, 3.63) is 271 Å². The maximum atomic E-state index is 2.35. The van der Waals surface area contributed by atoms with Gasteiger partial charge in [-0.1, -0.05) is 212 Å². The highest BCUT2D eigenvalue weighted by Gasteiger charge is 2.52. The van der Waals surface area contributed by atoms with E-state index in [1.54, 1.807) is 0 Å². The normalized spacial score (nSPS) is 12.6. The summed E-state index contributed by atoms with van der Waals surface area (Å²) in [7, 11) is 0. The minimum Gasteiger partial charge on any atom is -0.311 e. The van der Waals surface area contributed by atoms with Crippen LogP contribution in [0.1, 0.15) is 22.3 Å². The number of nitrogens with zero attached hydrogens (tertiary/aromatic N) is 1. The van der Waals surface area contributed by atoms with E-state index < -0.39 is 0 Å². The average molecular weight is 788 g/mol. The van der Waals surface area contributed by atoms with Crippen molar-refractivity contribution < 1.29 is 0 Å². The van der Waals surface area contributed by atoms with Crippen LogP contribution in [0.5, 0.6) is 0 Å². The summed E-state index contributed by atoms with van der Waals surface area (Å²) in [6, 6.07) is 91.2. The first kappa shape index (κ1) is 35.9. The second-order valence-corrected chi connectivity index (χ2v) is 16.4. The molecule has 2 aliphatic carbocycles. The summed E-state index contributed by atoms with van der Waals surface area (Å²) in [4.78, 5) is 2.35. The fraction of sp³-hybridized carbons (Fsp3) is 0.0164. The van der Waals surface area contributed by atoms with Gasteiger partial charge in [-0.2, -0.15) is 0 Å². The lowest BCUT2D eigenvalue weighted by Gasteiger charge is -2.32. The summed E-state index contributed by atoms with van der Waals surface area (Å²) in [5.74, 6) is 0. The SMILES string of the molecule is c1ccc(-c2ccc(N(c3ccc(-c4ccccc4)cc3)c3ccc(-c4ccc(-c5cccc6c5C5(c7ccccc7-c7ccccc75)c5ccccc5-6)cc4)cc3)cc2)cc1. The van der Waals surface area contributed by atoms with Gasteiger partial charge < -0.3 is 4.90 Å². The first-order valence-corrected chi connectivity index (χ1v) is 21.5. The number of fused-ring (bicyclic) bond motifs is 10. The standard InChI is InChI=1S/C61H41N/c1-3-14-42(15-4-1)45-30-36-49(37-31-45)62(50-38-32-46(33-39-50)43-16-5-2-6-17-43)51-40-34-47(35-41-51)44-26-28-48(29-27-44)52-21-13-22-56-55-20-9-12-25-59(55)61(60(52)56)57-23-10-7-18-53(57)54-19-8-11-24-58(54)61/h1-41H. The minimum atomic E-state index is -0.389. The van der Waals surface area contributed by atoms with Gasteiger partial charge in [0.2, 0.25) is 0 Å². The van der Waals surface area contributed by atoms with Crippen LogP contribution in [-0.2, 0) is 5.41 Å². The van der Waals surface area contributed by atoms with Crippen LogP contribution in [-0.4, -0.2) is 0 Å². The zero-order chi connectivity index (χ0) is 41.0. The summed E-state index contributed by atoms with van der Waals surface area (Å²) in [6.45, 7) is 0. The van der Waals surface area contributed by atoms with Crippen molar-refractivity contribution in [3.8, 4) is 66.8 Å². The zero-order valence-electron chi connectivity index (χ0n) is 34.1. The van der Waals surface area contributed by atoms with Crippen molar-refractivity contribution in [3.63, 3.8) is 0 Å². The van der Waals surface area contributed by atoms with Crippen molar-refractivity contribution in [2.75, 3.05) is 4.90 Å². The zero-order valence-corrected chi connectivity index (χ0v) is 34.1. The Balaban J connectivity index is 0.910. The lowest BCUT2D eigenvalue weighted by molar-refractivity contribution is 0.796. The summed E-state index contributed by atoms with van der Waals surface area (Å²) < 4.78 is 0. The first-order valence-electron chi connectivity index (χ1n) is 21.5. The molecule has 1 spiro atoms. The van der Waals surface area contributed by atoms with Crippen molar-refractivity contribution in [1.29, 1.82) is 0 Å². The van der Waals surface area contributed by atoms with Crippen LogP contribution in [0.4, 0.5) is 17.1 Å². The third-order valence-corrected chi connectivity index (χ3v) is 13.1. The second kappa shape index (κ2) is 14.6. The van der Waals surface area contributed by atoms with E-state index in [0.717, 1.165) is 17.1 Å². The van der Waals surface area contributed by atoms with Gasteiger partial charge in [0.25, 0.3) is 0 Å². The Bertz CT molecular complexity index is 3090. The summed E-state index contributed by atoms with van der Waals surface area (Å²) in [5, 5.41) is 0. The molecule has 0 radical (unpaired) electrons. The van der Waals surface area contributed by atoms with Gasteiger partial charge in [0.15, 0.2) is 0 Å². The number of benzene rings is 10. The summed E-state index contributed by atoms with van der Waals surface area (Å²) >= 11 is 0.